The third-order valence-electron chi connectivity index (χ3n) is 3.09. The van der Waals surface area contributed by atoms with Crippen LogP contribution in [-0.4, -0.2) is 38.0 Å². The zero-order chi connectivity index (χ0) is 14.9. The lowest BCUT2D eigenvalue weighted by molar-refractivity contribution is -0.140. The van der Waals surface area contributed by atoms with Gasteiger partial charge in [0.25, 0.3) is 5.91 Å². The maximum absolute atomic E-state index is 12.1. The van der Waals surface area contributed by atoms with Crippen molar-refractivity contribution >= 4 is 22.9 Å². The van der Waals surface area contributed by atoms with E-state index in [1.54, 1.807) is 43.8 Å². The molecule has 0 saturated heterocycles. The molecule has 1 atom stereocenters. The highest BCUT2D eigenvalue weighted by atomic mass is 16.4. The Hall–Kier alpha value is -2.44. The number of amides is 1. The van der Waals surface area contributed by atoms with Crippen LogP contribution < -0.4 is 5.32 Å². The van der Waals surface area contributed by atoms with E-state index >= 15 is 0 Å². The maximum Gasteiger partial charge on any atom is 0.326 e. The Morgan fingerprint density at radius 3 is 2.65 bits per heavy atom. The van der Waals surface area contributed by atoms with E-state index in [0.717, 1.165) is 5.52 Å². The molecule has 1 aromatic heterocycles. The number of aromatic nitrogens is 3. The van der Waals surface area contributed by atoms with Crippen LogP contribution in [-0.2, 0) is 11.8 Å². The van der Waals surface area contributed by atoms with E-state index in [1.807, 2.05) is 0 Å². The summed E-state index contributed by atoms with van der Waals surface area (Å²) in [5, 5.41) is 19.4. The summed E-state index contributed by atoms with van der Waals surface area (Å²) in [7, 11) is 1.76. The van der Waals surface area contributed by atoms with Gasteiger partial charge in [-0.2, -0.15) is 0 Å². The minimum Gasteiger partial charge on any atom is -0.480 e. The van der Waals surface area contributed by atoms with Crippen LogP contribution in [0.4, 0.5) is 0 Å². The second kappa shape index (κ2) is 5.28. The first kappa shape index (κ1) is 14.0. The van der Waals surface area contributed by atoms with E-state index in [4.69, 9.17) is 5.11 Å². The number of hydrogen-bond acceptors (Lipinski definition) is 4. The SMILES string of the molecule is CC(C)[C@@H](NC(=O)c1ccc2c(c1)nnn2C)C(=O)O. The molecule has 0 fully saturated rings. The minimum atomic E-state index is -1.05. The molecule has 2 rings (SSSR count). The van der Waals surface area contributed by atoms with Gasteiger partial charge in [-0.25, -0.2) is 9.48 Å². The fourth-order valence-corrected chi connectivity index (χ4v) is 1.92. The smallest absolute Gasteiger partial charge is 0.326 e. The fourth-order valence-electron chi connectivity index (χ4n) is 1.92. The second-order valence-electron chi connectivity index (χ2n) is 4.95. The van der Waals surface area contributed by atoms with E-state index in [2.05, 4.69) is 15.6 Å². The Morgan fingerprint density at radius 1 is 1.35 bits per heavy atom. The summed E-state index contributed by atoms with van der Waals surface area (Å²) in [6, 6.07) is 4.03. The average Bonchev–Trinajstić information content (AvgIpc) is 2.76. The quantitative estimate of drug-likeness (QED) is 0.861. The molecule has 1 aromatic carbocycles. The molecule has 1 amide bonds. The Bertz CT molecular complexity index is 663. The third kappa shape index (κ3) is 2.61. The molecule has 20 heavy (non-hydrogen) atoms. The minimum absolute atomic E-state index is 0.198. The number of carboxylic acid groups (broad SMARTS) is 1. The number of hydrogen-bond donors (Lipinski definition) is 2. The molecule has 0 spiro atoms. The highest BCUT2D eigenvalue weighted by Crippen LogP contribution is 2.13. The molecule has 0 aliphatic carbocycles. The highest BCUT2D eigenvalue weighted by molar-refractivity contribution is 5.99. The first-order chi connectivity index (χ1) is 9.40. The zero-order valence-corrected chi connectivity index (χ0v) is 11.5. The van der Waals surface area contributed by atoms with Crippen molar-refractivity contribution in [2.45, 2.75) is 19.9 Å². The van der Waals surface area contributed by atoms with Gasteiger partial charge in [0.1, 0.15) is 11.6 Å². The molecule has 0 unspecified atom stereocenters. The molecule has 1 heterocycles. The molecule has 106 valence electrons. The number of fused-ring (bicyclic) bond motifs is 1. The zero-order valence-electron chi connectivity index (χ0n) is 11.5. The molecule has 7 nitrogen and oxygen atoms in total. The van der Waals surface area contributed by atoms with Crippen LogP contribution in [0.3, 0.4) is 0 Å². The summed E-state index contributed by atoms with van der Waals surface area (Å²) in [5.41, 5.74) is 1.77. The molecule has 2 aromatic rings. The molecular formula is C13H16N4O3. The van der Waals surface area contributed by atoms with E-state index in [0.29, 0.717) is 11.1 Å². The largest absolute Gasteiger partial charge is 0.480 e. The Balaban J connectivity index is 2.24. The number of aliphatic carboxylic acids is 1. The number of carbonyl (C=O) groups is 2. The van der Waals surface area contributed by atoms with Crippen LogP contribution in [0.25, 0.3) is 11.0 Å². The predicted molar refractivity (Wildman–Crippen MR) is 72.2 cm³/mol. The van der Waals surface area contributed by atoms with Gasteiger partial charge in [-0.15, -0.1) is 5.10 Å². The molecule has 0 saturated carbocycles. The first-order valence-electron chi connectivity index (χ1n) is 6.23. The molecule has 2 N–H and O–H groups in total. The number of benzene rings is 1. The number of nitrogens with one attached hydrogen (secondary N) is 1. The molecule has 0 aliphatic heterocycles. The van der Waals surface area contributed by atoms with Crippen LogP contribution in [0.15, 0.2) is 18.2 Å². The van der Waals surface area contributed by atoms with Crippen LogP contribution in [0.2, 0.25) is 0 Å². The second-order valence-corrected chi connectivity index (χ2v) is 4.95. The lowest BCUT2D eigenvalue weighted by atomic mass is 10.0. The van der Waals surface area contributed by atoms with Gasteiger partial charge in [-0.3, -0.25) is 4.79 Å². The Labute approximate surface area is 115 Å². The van der Waals surface area contributed by atoms with Crippen molar-refractivity contribution in [1.29, 1.82) is 0 Å². The number of carboxylic acids is 1. The van der Waals surface area contributed by atoms with Crippen molar-refractivity contribution in [2.75, 3.05) is 0 Å². The standard InChI is InChI=1S/C13H16N4O3/c1-7(2)11(13(19)20)14-12(18)8-4-5-10-9(6-8)15-16-17(10)3/h4-7,11H,1-3H3,(H,14,18)(H,19,20)/t11-/m1/s1. The van der Waals surface area contributed by atoms with Crippen molar-refractivity contribution in [3.8, 4) is 0 Å². The van der Waals surface area contributed by atoms with Crippen molar-refractivity contribution in [2.24, 2.45) is 13.0 Å². The van der Waals surface area contributed by atoms with E-state index < -0.39 is 17.9 Å². The number of carbonyl (C=O) groups excluding carboxylic acids is 1. The van der Waals surface area contributed by atoms with Gasteiger partial charge in [0.2, 0.25) is 0 Å². The third-order valence-corrected chi connectivity index (χ3v) is 3.09. The topological polar surface area (TPSA) is 97.1 Å². The lowest BCUT2D eigenvalue weighted by Gasteiger charge is -2.17. The Morgan fingerprint density at radius 2 is 2.05 bits per heavy atom. The van der Waals surface area contributed by atoms with Gasteiger partial charge in [-0.05, 0) is 24.1 Å². The molecule has 7 heteroatoms. The fraction of sp³-hybridized carbons (Fsp3) is 0.385. The van der Waals surface area contributed by atoms with Gasteiger partial charge in [0.05, 0.1) is 5.52 Å². The van der Waals surface area contributed by atoms with Crippen molar-refractivity contribution in [3.63, 3.8) is 0 Å². The summed E-state index contributed by atoms with van der Waals surface area (Å²) in [5.74, 6) is -1.68. The monoisotopic (exact) mass is 276 g/mol. The van der Waals surface area contributed by atoms with Gasteiger partial charge < -0.3 is 10.4 Å². The summed E-state index contributed by atoms with van der Waals surface area (Å²) < 4.78 is 1.60. The Kier molecular flexibility index (Phi) is 3.69. The highest BCUT2D eigenvalue weighted by Gasteiger charge is 2.24. The van der Waals surface area contributed by atoms with Crippen LogP contribution >= 0.6 is 0 Å². The van der Waals surface area contributed by atoms with Crippen LogP contribution in [0.5, 0.6) is 0 Å². The summed E-state index contributed by atoms with van der Waals surface area (Å²) in [6.07, 6.45) is 0. The lowest BCUT2D eigenvalue weighted by Crippen LogP contribution is -2.44. The van der Waals surface area contributed by atoms with Crippen molar-refractivity contribution in [1.82, 2.24) is 20.3 Å². The molecular weight excluding hydrogens is 260 g/mol. The number of nitrogens with zero attached hydrogens (tertiary/aromatic N) is 3. The molecule has 0 bridgehead atoms. The predicted octanol–water partition coefficient (Wildman–Crippen LogP) is 0.807. The summed E-state index contributed by atoms with van der Waals surface area (Å²) in [6.45, 7) is 3.48. The first-order valence-corrected chi connectivity index (χ1v) is 6.23. The van der Waals surface area contributed by atoms with Gasteiger partial charge >= 0.3 is 5.97 Å². The molecule has 0 radical (unpaired) electrons. The summed E-state index contributed by atoms with van der Waals surface area (Å²) >= 11 is 0. The molecule has 0 aliphatic rings. The van der Waals surface area contributed by atoms with E-state index in [1.165, 1.54) is 0 Å². The van der Waals surface area contributed by atoms with Crippen molar-refractivity contribution < 1.29 is 14.7 Å². The van der Waals surface area contributed by atoms with Crippen LogP contribution in [0, 0.1) is 5.92 Å². The number of rotatable bonds is 4. The average molecular weight is 276 g/mol. The van der Waals surface area contributed by atoms with Gasteiger partial charge in [0.15, 0.2) is 0 Å². The van der Waals surface area contributed by atoms with E-state index in [9.17, 15) is 9.59 Å². The van der Waals surface area contributed by atoms with Gasteiger partial charge in [-0.1, -0.05) is 19.1 Å². The number of aryl methyl sites for hydroxylation is 1. The van der Waals surface area contributed by atoms with Gasteiger partial charge in [0, 0.05) is 12.6 Å². The van der Waals surface area contributed by atoms with E-state index in [-0.39, 0.29) is 5.92 Å². The normalized spacial score (nSPS) is 12.6. The maximum atomic E-state index is 12.1. The summed E-state index contributed by atoms with van der Waals surface area (Å²) in [4.78, 5) is 23.2. The van der Waals surface area contributed by atoms with Crippen molar-refractivity contribution in [3.05, 3.63) is 23.8 Å². The van der Waals surface area contributed by atoms with Crippen LogP contribution in [0.1, 0.15) is 24.2 Å².